The van der Waals surface area contributed by atoms with Gasteiger partial charge in [-0.05, 0) is 13.8 Å². The molecule has 1 aromatic rings. The van der Waals surface area contributed by atoms with Crippen molar-refractivity contribution in [2.24, 2.45) is 5.73 Å². The van der Waals surface area contributed by atoms with Gasteiger partial charge >= 0.3 is 12.2 Å². The lowest BCUT2D eigenvalue weighted by atomic mass is 10.2. The van der Waals surface area contributed by atoms with Gasteiger partial charge in [-0.3, -0.25) is 0 Å². The maximum atomic E-state index is 12.4. The molecule has 0 saturated heterocycles. The number of rotatable bonds is 0. The molecule has 0 atom stereocenters. The van der Waals surface area contributed by atoms with Gasteiger partial charge in [-0.1, -0.05) is 0 Å². The van der Waals surface area contributed by atoms with Crippen LogP contribution in [0, 0.1) is 13.8 Å². The lowest BCUT2D eigenvalue weighted by Crippen LogP contribution is -2.27. The Morgan fingerprint density at radius 2 is 1.75 bits per heavy atom. The zero-order chi connectivity index (χ0) is 11.1. The van der Waals surface area contributed by atoms with Gasteiger partial charge in [-0.25, -0.2) is 4.79 Å². The van der Waals surface area contributed by atoms with E-state index >= 15 is 0 Å². The first kappa shape index (κ1) is 17.4. The molecule has 1 amide bonds. The molecule has 0 aliphatic carbocycles. The smallest absolute Gasteiger partial charge is 0.350 e. The van der Waals surface area contributed by atoms with Crippen LogP contribution in [0.1, 0.15) is 17.0 Å². The minimum Gasteiger partial charge on any atom is -0.350 e. The van der Waals surface area contributed by atoms with Gasteiger partial charge in [-0.15, -0.1) is 24.8 Å². The van der Waals surface area contributed by atoms with Crippen LogP contribution in [0.25, 0.3) is 0 Å². The molecule has 1 heterocycles. The largest absolute Gasteiger partial charge is 0.433 e. The highest BCUT2D eigenvalue weighted by Crippen LogP contribution is 2.32. The number of halogens is 5. The Kier molecular flexibility index (Phi) is 5.89. The number of alkyl halides is 3. The molecule has 0 bridgehead atoms. The highest BCUT2D eigenvalue weighted by Gasteiger charge is 2.39. The average molecular weight is 280 g/mol. The topological polar surface area (TPSA) is 60.9 Å². The van der Waals surface area contributed by atoms with Crippen molar-refractivity contribution in [1.82, 2.24) is 9.78 Å². The maximum Gasteiger partial charge on any atom is 0.433 e. The molecule has 0 aliphatic rings. The van der Waals surface area contributed by atoms with Crippen molar-refractivity contribution >= 4 is 30.8 Å². The lowest BCUT2D eigenvalue weighted by Gasteiger charge is -2.07. The minimum atomic E-state index is -4.62. The summed E-state index contributed by atoms with van der Waals surface area (Å²) >= 11 is 0. The Hall–Kier alpha value is -0.950. The number of primary amides is 1. The molecule has 0 unspecified atom stereocenters. The number of carbonyl (C=O) groups excluding carboxylic acids is 1. The van der Waals surface area contributed by atoms with Crippen molar-refractivity contribution < 1.29 is 18.0 Å². The molecular formula is C7H10Cl2F3N3O. The van der Waals surface area contributed by atoms with Crippen LogP contribution in [0.3, 0.4) is 0 Å². The second-order valence-electron chi connectivity index (χ2n) is 2.81. The summed E-state index contributed by atoms with van der Waals surface area (Å²) in [7, 11) is 0. The zero-order valence-corrected chi connectivity index (χ0v) is 9.96. The number of aromatic nitrogens is 2. The minimum absolute atomic E-state index is 0. The molecule has 94 valence electrons. The van der Waals surface area contributed by atoms with Gasteiger partial charge < -0.3 is 5.73 Å². The number of nitrogens with two attached hydrogens (primary N) is 1. The molecule has 0 aliphatic heterocycles. The van der Waals surface area contributed by atoms with Gasteiger partial charge in [0, 0.05) is 5.56 Å². The molecule has 1 aromatic heterocycles. The van der Waals surface area contributed by atoms with Crippen LogP contribution in [0.15, 0.2) is 0 Å². The fourth-order valence-corrected chi connectivity index (χ4v) is 1.10. The van der Waals surface area contributed by atoms with Gasteiger partial charge in [0.1, 0.15) is 0 Å². The van der Waals surface area contributed by atoms with E-state index in [0.717, 1.165) is 0 Å². The van der Waals surface area contributed by atoms with Gasteiger partial charge in [-0.2, -0.15) is 23.0 Å². The summed E-state index contributed by atoms with van der Waals surface area (Å²) in [5.41, 5.74) is 3.69. The third-order valence-corrected chi connectivity index (χ3v) is 1.84. The normalized spacial score (nSPS) is 10.3. The Labute approximate surface area is 102 Å². The van der Waals surface area contributed by atoms with Crippen molar-refractivity contribution in [3.63, 3.8) is 0 Å². The Morgan fingerprint density at radius 3 is 2.00 bits per heavy atom. The van der Waals surface area contributed by atoms with Crippen molar-refractivity contribution in [2.75, 3.05) is 0 Å². The Balaban J connectivity index is 0. The summed E-state index contributed by atoms with van der Waals surface area (Å²) < 4.78 is 37.4. The Bertz CT molecular complexity index is 389. The predicted molar refractivity (Wildman–Crippen MR) is 56.2 cm³/mol. The van der Waals surface area contributed by atoms with Crippen LogP contribution < -0.4 is 5.73 Å². The molecule has 4 nitrogen and oxygen atoms in total. The summed E-state index contributed by atoms with van der Waals surface area (Å²) in [6.45, 7) is 2.62. The number of carbonyl (C=O) groups is 1. The number of hydrogen-bond donors (Lipinski definition) is 1. The molecule has 0 spiro atoms. The zero-order valence-electron chi connectivity index (χ0n) is 8.33. The molecule has 9 heteroatoms. The third-order valence-electron chi connectivity index (χ3n) is 1.84. The quantitative estimate of drug-likeness (QED) is 0.792. The van der Waals surface area contributed by atoms with E-state index in [4.69, 9.17) is 5.73 Å². The second-order valence-corrected chi connectivity index (χ2v) is 2.81. The van der Waals surface area contributed by atoms with Crippen LogP contribution in [0.2, 0.25) is 0 Å². The summed E-state index contributed by atoms with van der Waals surface area (Å²) in [6, 6.07) is -1.24. The highest BCUT2D eigenvalue weighted by atomic mass is 35.5. The van der Waals surface area contributed by atoms with E-state index in [1.54, 1.807) is 0 Å². The van der Waals surface area contributed by atoms with Gasteiger partial charge in [0.05, 0.1) is 5.69 Å². The number of amides is 1. The van der Waals surface area contributed by atoms with E-state index in [9.17, 15) is 18.0 Å². The molecule has 2 N–H and O–H groups in total. The predicted octanol–water partition coefficient (Wildman–Crippen LogP) is 2.29. The average Bonchev–Trinajstić information content (AvgIpc) is 2.27. The standard InChI is InChI=1S/C7H8F3N3O.2ClH/c1-3-4(2)12-13(6(11)14)5(3)7(8,9)10;;/h1-2H3,(H2,11,14);2*1H. The first-order valence-electron chi connectivity index (χ1n) is 3.68. The van der Waals surface area contributed by atoms with Crippen LogP contribution in [0.4, 0.5) is 18.0 Å². The molecule has 0 saturated carbocycles. The van der Waals surface area contributed by atoms with Gasteiger partial charge in [0.25, 0.3) is 0 Å². The number of hydrogen-bond acceptors (Lipinski definition) is 2. The van der Waals surface area contributed by atoms with Crippen molar-refractivity contribution in [3.8, 4) is 0 Å². The highest BCUT2D eigenvalue weighted by molar-refractivity contribution is 5.85. The molecule has 16 heavy (non-hydrogen) atoms. The van der Waals surface area contributed by atoms with Crippen molar-refractivity contribution in [1.29, 1.82) is 0 Å². The summed E-state index contributed by atoms with van der Waals surface area (Å²) in [5.74, 6) is 0. The summed E-state index contributed by atoms with van der Waals surface area (Å²) in [4.78, 5) is 10.7. The Morgan fingerprint density at radius 1 is 1.31 bits per heavy atom. The van der Waals surface area contributed by atoms with E-state index in [2.05, 4.69) is 5.10 Å². The van der Waals surface area contributed by atoms with E-state index in [1.807, 2.05) is 0 Å². The maximum absolute atomic E-state index is 12.4. The number of nitrogens with zero attached hydrogens (tertiary/aromatic N) is 2. The summed E-state index contributed by atoms with van der Waals surface area (Å²) in [6.07, 6.45) is -4.62. The first-order chi connectivity index (χ1) is 6.25. The number of aryl methyl sites for hydroxylation is 1. The molecule has 0 fully saturated rings. The first-order valence-corrected chi connectivity index (χ1v) is 3.68. The SMILES string of the molecule is Cc1nn(C(N)=O)c(C(F)(F)F)c1C.Cl.Cl. The van der Waals surface area contributed by atoms with Gasteiger partial charge in [0.15, 0.2) is 5.69 Å². The van der Waals surface area contributed by atoms with Crippen LogP contribution in [-0.2, 0) is 6.18 Å². The van der Waals surface area contributed by atoms with E-state index in [1.165, 1.54) is 13.8 Å². The second kappa shape index (κ2) is 5.40. The van der Waals surface area contributed by atoms with E-state index in [0.29, 0.717) is 0 Å². The van der Waals surface area contributed by atoms with Gasteiger partial charge in [0.2, 0.25) is 0 Å². The monoisotopic (exact) mass is 279 g/mol. The third kappa shape index (κ3) is 3.02. The molecular weight excluding hydrogens is 270 g/mol. The van der Waals surface area contributed by atoms with E-state index in [-0.39, 0.29) is 40.8 Å². The van der Waals surface area contributed by atoms with Crippen molar-refractivity contribution in [3.05, 3.63) is 17.0 Å². The lowest BCUT2D eigenvalue weighted by molar-refractivity contribution is -0.143. The molecule has 0 radical (unpaired) electrons. The van der Waals surface area contributed by atoms with Crippen LogP contribution >= 0.6 is 24.8 Å². The fourth-order valence-electron chi connectivity index (χ4n) is 1.10. The summed E-state index contributed by atoms with van der Waals surface area (Å²) in [5, 5.41) is 3.40. The molecule has 1 rings (SSSR count). The fraction of sp³-hybridized carbons (Fsp3) is 0.429. The van der Waals surface area contributed by atoms with Crippen molar-refractivity contribution in [2.45, 2.75) is 20.0 Å². The molecule has 0 aromatic carbocycles. The van der Waals surface area contributed by atoms with E-state index < -0.39 is 17.9 Å². The van der Waals surface area contributed by atoms with Crippen LogP contribution in [-0.4, -0.2) is 15.8 Å². The van der Waals surface area contributed by atoms with Crippen LogP contribution in [0.5, 0.6) is 0 Å².